The van der Waals surface area contributed by atoms with Crippen LogP contribution in [0, 0.1) is 11.5 Å². The van der Waals surface area contributed by atoms with Crippen LogP contribution in [-0.4, -0.2) is 11.0 Å². The van der Waals surface area contributed by atoms with E-state index in [1.807, 2.05) is 0 Å². The number of rotatable bonds is 2. The van der Waals surface area contributed by atoms with Gasteiger partial charge in [0, 0.05) is 4.43 Å². The minimum Gasteiger partial charge on any atom is -0.427 e. The molecule has 0 amide bonds. The van der Waals surface area contributed by atoms with Crippen LogP contribution in [-0.2, 0) is 4.74 Å². The zero-order valence-corrected chi connectivity index (χ0v) is 5.31. The van der Waals surface area contributed by atoms with Crippen molar-refractivity contribution in [2.75, 3.05) is 11.0 Å². The number of alkyl halides is 1. The molecule has 0 unspecified atom stereocenters. The van der Waals surface area contributed by atoms with Crippen molar-refractivity contribution in [2.24, 2.45) is 0 Å². The predicted octanol–water partition coefficient (Wildman–Crippen LogP) is 0.919. The Morgan fingerprint density at radius 1 is 1.83 bits per heavy atom. The van der Waals surface area contributed by atoms with E-state index in [0.29, 0.717) is 6.61 Å². The molecule has 0 fully saturated rings. The summed E-state index contributed by atoms with van der Waals surface area (Å²) in [6.07, 6.45) is 1.56. The first-order valence-corrected chi connectivity index (χ1v) is 3.01. The van der Waals surface area contributed by atoms with Gasteiger partial charge in [-0.25, -0.2) is 0 Å². The highest BCUT2D eigenvalue weighted by molar-refractivity contribution is 14.1. The average Bonchev–Trinajstić information content (AvgIpc) is 1.61. The zero-order valence-electron chi connectivity index (χ0n) is 3.15. The molecular formula is C3H4INO. The van der Waals surface area contributed by atoms with Crippen molar-refractivity contribution in [1.29, 1.82) is 5.26 Å². The number of nitrogens with zero attached hydrogens (tertiary/aromatic N) is 1. The summed E-state index contributed by atoms with van der Waals surface area (Å²) in [5.41, 5.74) is 0. The third-order valence-electron chi connectivity index (χ3n) is 0.244. The normalized spacial score (nSPS) is 6.67. The van der Waals surface area contributed by atoms with Gasteiger partial charge in [0.25, 0.3) is 6.26 Å². The van der Waals surface area contributed by atoms with Gasteiger partial charge in [0.05, 0.1) is 0 Å². The molecule has 2 nitrogen and oxygen atoms in total. The molecule has 0 aliphatic carbocycles. The molecule has 0 radical (unpaired) electrons. The summed E-state index contributed by atoms with van der Waals surface area (Å²) in [7, 11) is 0. The van der Waals surface area contributed by atoms with Crippen LogP contribution >= 0.6 is 22.6 Å². The van der Waals surface area contributed by atoms with Gasteiger partial charge in [-0.15, -0.1) is 0 Å². The fourth-order valence-corrected chi connectivity index (χ4v) is 0.304. The third-order valence-corrected chi connectivity index (χ3v) is 0.684. The highest BCUT2D eigenvalue weighted by atomic mass is 127. The predicted molar refractivity (Wildman–Crippen MR) is 30.5 cm³/mol. The fraction of sp³-hybridized carbons (Fsp3) is 0.667. The first-order chi connectivity index (χ1) is 2.91. The molecule has 0 saturated heterocycles. The van der Waals surface area contributed by atoms with Crippen LogP contribution in [0.1, 0.15) is 0 Å². The highest BCUT2D eigenvalue weighted by Gasteiger charge is 1.73. The van der Waals surface area contributed by atoms with Crippen molar-refractivity contribution in [3.05, 3.63) is 0 Å². The van der Waals surface area contributed by atoms with Crippen LogP contribution in [0.4, 0.5) is 0 Å². The average molecular weight is 197 g/mol. The van der Waals surface area contributed by atoms with Crippen LogP contribution in [0.25, 0.3) is 0 Å². The quantitative estimate of drug-likeness (QED) is 0.285. The second kappa shape index (κ2) is 5.02. The largest absolute Gasteiger partial charge is 0.427 e. The number of hydrogen-bond donors (Lipinski definition) is 0. The lowest BCUT2D eigenvalue weighted by molar-refractivity contribution is 0.297. The standard InChI is InChI=1S/C3H4INO/c4-1-2-6-3-5/h1-2H2. The Morgan fingerprint density at radius 2 is 2.50 bits per heavy atom. The van der Waals surface area contributed by atoms with Crippen LogP contribution in [0.3, 0.4) is 0 Å². The van der Waals surface area contributed by atoms with Crippen LogP contribution < -0.4 is 0 Å². The third kappa shape index (κ3) is 4.02. The molecule has 6 heavy (non-hydrogen) atoms. The maximum atomic E-state index is 7.72. The fourth-order valence-electron chi connectivity index (χ4n) is 0.0842. The smallest absolute Gasteiger partial charge is 0.286 e. The van der Waals surface area contributed by atoms with Crippen LogP contribution in [0.2, 0.25) is 0 Å². The van der Waals surface area contributed by atoms with Crippen molar-refractivity contribution in [3.63, 3.8) is 0 Å². The Kier molecular flexibility index (Phi) is 5.04. The van der Waals surface area contributed by atoms with Crippen LogP contribution in [0.5, 0.6) is 0 Å². The van der Waals surface area contributed by atoms with Gasteiger partial charge in [0.1, 0.15) is 6.61 Å². The van der Waals surface area contributed by atoms with E-state index in [2.05, 4.69) is 27.3 Å². The van der Waals surface area contributed by atoms with Crippen molar-refractivity contribution in [3.8, 4) is 6.26 Å². The second-order valence-electron chi connectivity index (χ2n) is 0.629. The zero-order chi connectivity index (χ0) is 4.83. The Balaban J connectivity index is 2.54. The summed E-state index contributed by atoms with van der Waals surface area (Å²) in [5.74, 6) is 0. The molecule has 34 valence electrons. The first-order valence-electron chi connectivity index (χ1n) is 1.48. The summed E-state index contributed by atoms with van der Waals surface area (Å²) in [6.45, 7) is 0.539. The van der Waals surface area contributed by atoms with Gasteiger partial charge in [-0.3, -0.25) is 0 Å². The van der Waals surface area contributed by atoms with Gasteiger partial charge in [0.2, 0.25) is 0 Å². The van der Waals surface area contributed by atoms with E-state index in [9.17, 15) is 0 Å². The van der Waals surface area contributed by atoms with E-state index in [-0.39, 0.29) is 0 Å². The summed E-state index contributed by atoms with van der Waals surface area (Å²) < 4.78 is 5.16. The monoisotopic (exact) mass is 197 g/mol. The molecule has 0 atom stereocenters. The van der Waals surface area contributed by atoms with E-state index in [1.165, 1.54) is 0 Å². The second-order valence-corrected chi connectivity index (χ2v) is 1.71. The molecule has 0 rings (SSSR count). The van der Waals surface area contributed by atoms with Crippen molar-refractivity contribution >= 4 is 22.6 Å². The van der Waals surface area contributed by atoms with Gasteiger partial charge >= 0.3 is 0 Å². The van der Waals surface area contributed by atoms with Gasteiger partial charge in [-0.1, -0.05) is 22.6 Å². The molecule has 0 aromatic heterocycles. The summed E-state index contributed by atoms with van der Waals surface area (Å²) in [6, 6.07) is 0. The summed E-state index contributed by atoms with van der Waals surface area (Å²) >= 11 is 2.13. The van der Waals surface area contributed by atoms with Gasteiger partial charge in [-0.2, -0.15) is 5.26 Å². The lowest BCUT2D eigenvalue weighted by atomic mass is 10.9. The van der Waals surface area contributed by atoms with E-state index in [4.69, 9.17) is 5.26 Å². The Bertz CT molecular complexity index is 58.3. The minimum absolute atomic E-state index is 0.539. The van der Waals surface area contributed by atoms with Crippen LogP contribution in [0.15, 0.2) is 0 Å². The minimum atomic E-state index is 0.539. The highest BCUT2D eigenvalue weighted by Crippen LogP contribution is 1.78. The molecular weight excluding hydrogens is 193 g/mol. The molecule has 3 heteroatoms. The number of halogens is 1. The Hall–Kier alpha value is 0.0200. The van der Waals surface area contributed by atoms with E-state index < -0.39 is 0 Å². The number of hydrogen-bond acceptors (Lipinski definition) is 2. The van der Waals surface area contributed by atoms with Crippen molar-refractivity contribution in [1.82, 2.24) is 0 Å². The molecule has 0 heterocycles. The Morgan fingerprint density at radius 3 is 2.67 bits per heavy atom. The number of ether oxygens (including phenoxy) is 1. The Labute approximate surface area is 50.2 Å². The molecule has 0 bridgehead atoms. The molecule has 0 aromatic rings. The van der Waals surface area contributed by atoms with E-state index >= 15 is 0 Å². The molecule has 0 aliphatic heterocycles. The first kappa shape index (κ1) is 6.02. The topological polar surface area (TPSA) is 33.0 Å². The molecule has 0 N–H and O–H groups in total. The maximum Gasteiger partial charge on any atom is 0.286 e. The molecule has 0 saturated carbocycles. The van der Waals surface area contributed by atoms with Crippen molar-refractivity contribution in [2.45, 2.75) is 0 Å². The van der Waals surface area contributed by atoms with Gasteiger partial charge in [-0.05, 0) is 0 Å². The van der Waals surface area contributed by atoms with Gasteiger partial charge in [0.15, 0.2) is 0 Å². The number of nitriles is 1. The van der Waals surface area contributed by atoms with Crippen molar-refractivity contribution < 1.29 is 4.74 Å². The molecule has 0 aromatic carbocycles. The van der Waals surface area contributed by atoms with E-state index in [1.54, 1.807) is 6.26 Å². The summed E-state index contributed by atoms with van der Waals surface area (Å²) in [4.78, 5) is 0. The lowest BCUT2D eigenvalue weighted by Gasteiger charge is -1.82. The maximum absolute atomic E-state index is 7.72. The van der Waals surface area contributed by atoms with Gasteiger partial charge < -0.3 is 4.74 Å². The SMILES string of the molecule is N#COCCI. The lowest BCUT2D eigenvalue weighted by Crippen LogP contribution is -1.84. The summed E-state index contributed by atoms with van der Waals surface area (Å²) in [5, 5.41) is 7.72. The molecule has 0 aliphatic rings. The molecule has 0 spiro atoms. The van der Waals surface area contributed by atoms with E-state index in [0.717, 1.165) is 4.43 Å².